The van der Waals surface area contributed by atoms with E-state index in [2.05, 4.69) is 20.5 Å². The molecule has 0 saturated carbocycles. The fourth-order valence-corrected chi connectivity index (χ4v) is 3.67. The number of methoxy groups -OCH3 is 2. The van der Waals surface area contributed by atoms with E-state index >= 15 is 0 Å². The Morgan fingerprint density at radius 2 is 2.07 bits per heavy atom. The van der Waals surface area contributed by atoms with Gasteiger partial charge in [0, 0.05) is 36.3 Å². The van der Waals surface area contributed by atoms with Crippen molar-refractivity contribution in [2.24, 2.45) is 4.99 Å². The topological polar surface area (TPSA) is 78.4 Å². The van der Waals surface area contributed by atoms with Gasteiger partial charge in [-0.15, -0.1) is 0 Å². The first-order chi connectivity index (χ1) is 14.5. The van der Waals surface area contributed by atoms with Gasteiger partial charge in [-0.25, -0.2) is 4.99 Å². The predicted octanol–water partition coefficient (Wildman–Crippen LogP) is 3.40. The molecular formula is C22H29ClN4O3. The number of nitrogens with one attached hydrogen (secondary N) is 2. The second-order valence-electron chi connectivity index (χ2n) is 7.08. The van der Waals surface area contributed by atoms with E-state index in [1.165, 1.54) is 0 Å². The first-order valence-electron chi connectivity index (χ1n) is 10.0. The minimum atomic E-state index is 0.204. The van der Waals surface area contributed by atoms with Crippen LogP contribution in [0.4, 0.5) is 5.69 Å². The molecule has 2 aromatic carbocycles. The highest BCUT2D eigenvalue weighted by molar-refractivity contribution is 6.30. The third kappa shape index (κ3) is 5.42. The molecule has 0 spiro atoms. The van der Waals surface area contributed by atoms with Gasteiger partial charge in [-0.3, -0.25) is 0 Å². The molecule has 8 heteroatoms. The van der Waals surface area contributed by atoms with Gasteiger partial charge in [0.05, 0.1) is 26.5 Å². The van der Waals surface area contributed by atoms with Crippen LogP contribution in [0.2, 0.25) is 5.02 Å². The maximum atomic E-state index is 10.1. The number of benzene rings is 2. The van der Waals surface area contributed by atoms with Crippen LogP contribution >= 0.6 is 11.6 Å². The summed E-state index contributed by atoms with van der Waals surface area (Å²) < 4.78 is 10.7. The molecular weight excluding hydrogens is 404 g/mol. The van der Waals surface area contributed by atoms with Crippen LogP contribution in [0, 0.1) is 0 Å². The number of phenolic OH excluding ortho intramolecular Hbond substituents is 1. The SMILES string of the molecule is CCNC(=NCc1cc(OC)ccc1O)NC1CCN(c2cc(Cl)ccc2OC)C1. The number of halogens is 1. The lowest BCUT2D eigenvalue weighted by atomic mass is 10.2. The largest absolute Gasteiger partial charge is 0.508 e. The normalized spacial score (nSPS) is 16.5. The first kappa shape index (κ1) is 21.9. The van der Waals surface area contributed by atoms with Gasteiger partial charge in [0.15, 0.2) is 5.96 Å². The van der Waals surface area contributed by atoms with Gasteiger partial charge in [0.25, 0.3) is 0 Å². The molecule has 2 aromatic rings. The Hall–Kier alpha value is -2.80. The molecule has 3 N–H and O–H groups in total. The Morgan fingerprint density at radius 3 is 2.80 bits per heavy atom. The Labute approximate surface area is 182 Å². The van der Waals surface area contributed by atoms with Gasteiger partial charge in [0.1, 0.15) is 17.2 Å². The molecule has 1 saturated heterocycles. The lowest BCUT2D eigenvalue weighted by molar-refractivity contribution is 0.411. The zero-order chi connectivity index (χ0) is 21.5. The van der Waals surface area contributed by atoms with E-state index in [0.29, 0.717) is 28.8 Å². The van der Waals surface area contributed by atoms with Crippen LogP contribution in [0.5, 0.6) is 17.2 Å². The van der Waals surface area contributed by atoms with Crippen molar-refractivity contribution < 1.29 is 14.6 Å². The fraction of sp³-hybridized carbons (Fsp3) is 0.409. The van der Waals surface area contributed by atoms with Gasteiger partial charge < -0.3 is 30.1 Å². The highest BCUT2D eigenvalue weighted by Gasteiger charge is 2.25. The van der Waals surface area contributed by atoms with Gasteiger partial charge in [-0.2, -0.15) is 0 Å². The minimum Gasteiger partial charge on any atom is -0.508 e. The average molecular weight is 433 g/mol. The molecule has 0 radical (unpaired) electrons. The molecule has 7 nitrogen and oxygen atoms in total. The van der Waals surface area contributed by atoms with Crippen molar-refractivity contribution in [2.75, 3.05) is 38.8 Å². The third-order valence-electron chi connectivity index (χ3n) is 5.05. The van der Waals surface area contributed by atoms with Crippen LogP contribution in [0.1, 0.15) is 18.9 Å². The van der Waals surface area contributed by atoms with Crippen molar-refractivity contribution >= 4 is 23.2 Å². The van der Waals surface area contributed by atoms with E-state index in [1.807, 2.05) is 25.1 Å². The molecule has 30 heavy (non-hydrogen) atoms. The number of anilines is 1. The third-order valence-corrected chi connectivity index (χ3v) is 5.28. The maximum absolute atomic E-state index is 10.1. The monoisotopic (exact) mass is 432 g/mol. The number of guanidine groups is 1. The van der Waals surface area contributed by atoms with Crippen molar-refractivity contribution in [3.05, 3.63) is 47.0 Å². The Morgan fingerprint density at radius 1 is 1.23 bits per heavy atom. The van der Waals surface area contributed by atoms with Gasteiger partial charge in [0.2, 0.25) is 0 Å². The highest BCUT2D eigenvalue weighted by Crippen LogP contribution is 2.33. The van der Waals surface area contributed by atoms with Crippen LogP contribution in [-0.2, 0) is 6.54 Å². The average Bonchev–Trinajstić information content (AvgIpc) is 3.21. The number of phenols is 1. The molecule has 0 bridgehead atoms. The Bertz CT molecular complexity index is 891. The standard InChI is InChI=1S/C22H29ClN4O3/c1-4-24-22(25-13-15-11-18(29-2)6-7-20(15)28)26-17-9-10-27(14-17)19-12-16(23)5-8-21(19)30-3/h5-8,11-12,17,28H,4,9-10,13-14H2,1-3H3,(H2,24,25,26). The summed E-state index contributed by atoms with van der Waals surface area (Å²) in [6.45, 7) is 4.82. The fourth-order valence-electron chi connectivity index (χ4n) is 3.50. The quantitative estimate of drug-likeness (QED) is 0.459. The number of nitrogens with zero attached hydrogens (tertiary/aromatic N) is 2. The van der Waals surface area contributed by atoms with Crippen LogP contribution in [-0.4, -0.2) is 51.0 Å². The number of rotatable bonds is 7. The second-order valence-corrected chi connectivity index (χ2v) is 7.52. The molecule has 1 heterocycles. The number of aromatic hydroxyl groups is 1. The van der Waals surface area contributed by atoms with E-state index in [4.69, 9.17) is 21.1 Å². The smallest absolute Gasteiger partial charge is 0.191 e. The zero-order valence-electron chi connectivity index (χ0n) is 17.6. The first-order valence-corrected chi connectivity index (χ1v) is 10.4. The number of hydrogen-bond donors (Lipinski definition) is 3. The molecule has 162 valence electrons. The summed E-state index contributed by atoms with van der Waals surface area (Å²) in [5.74, 6) is 2.42. The van der Waals surface area contributed by atoms with E-state index < -0.39 is 0 Å². The number of ether oxygens (including phenoxy) is 2. The molecule has 0 aliphatic carbocycles. The maximum Gasteiger partial charge on any atom is 0.191 e. The summed E-state index contributed by atoms with van der Waals surface area (Å²) in [5.41, 5.74) is 1.71. The molecule has 0 amide bonds. The van der Waals surface area contributed by atoms with Gasteiger partial charge in [-0.05, 0) is 49.7 Å². The van der Waals surface area contributed by atoms with E-state index in [0.717, 1.165) is 37.5 Å². The molecule has 1 aliphatic heterocycles. The van der Waals surface area contributed by atoms with Crippen molar-refractivity contribution in [2.45, 2.75) is 25.9 Å². The van der Waals surface area contributed by atoms with Gasteiger partial charge >= 0.3 is 0 Å². The molecule has 1 atom stereocenters. The van der Waals surface area contributed by atoms with Gasteiger partial charge in [-0.1, -0.05) is 11.6 Å². The molecule has 1 fully saturated rings. The Balaban J connectivity index is 1.67. The van der Waals surface area contributed by atoms with E-state index in [1.54, 1.807) is 32.4 Å². The van der Waals surface area contributed by atoms with Crippen LogP contribution in [0.25, 0.3) is 0 Å². The van der Waals surface area contributed by atoms with Crippen LogP contribution < -0.4 is 25.0 Å². The van der Waals surface area contributed by atoms with Crippen LogP contribution in [0.15, 0.2) is 41.4 Å². The summed E-state index contributed by atoms with van der Waals surface area (Å²) in [6, 6.07) is 11.0. The minimum absolute atomic E-state index is 0.204. The Kier molecular flexibility index (Phi) is 7.52. The summed E-state index contributed by atoms with van der Waals surface area (Å²) in [5, 5.41) is 17.6. The lowest BCUT2D eigenvalue weighted by Gasteiger charge is -2.22. The van der Waals surface area contributed by atoms with Crippen LogP contribution in [0.3, 0.4) is 0 Å². The summed E-state index contributed by atoms with van der Waals surface area (Å²) in [7, 11) is 3.27. The van der Waals surface area contributed by atoms with Crippen molar-refractivity contribution in [3.8, 4) is 17.2 Å². The number of hydrogen-bond acceptors (Lipinski definition) is 5. The van der Waals surface area contributed by atoms with Crippen molar-refractivity contribution in [3.63, 3.8) is 0 Å². The molecule has 0 aromatic heterocycles. The van der Waals surface area contributed by atoms with E-state index in [-0.39, 0.29) is 11.8 Å². The summed E-state index contributed by atoms with van der Waals surface area (Å²) in [4.78, 5) is 6.91. The summed E-state index contributed by atoms with van der Waals surface area (Å²) in [6.07, 6.45) is 0.963. The predicted molar refractivity (Wildman–Crippen MR) is 121 cm³/mol. The van der Waals surface area contributed by atoms with E-state index in [9.17, 15) is 5.11 Å². The summed E-state index contributed by atoms with van der Waals surface area (Å²) >= 11 is 6.19. The second kappa shape index (κ2) is 10.3. The van der Waals surface area contributed by atoms with Crippen molar-refractivity contribution in [1.82, 2.24) is 10.6 Å². The zero-order valence-corrected chi connectivity index (χ0v) is 18.4. The highest BCUT2D eigenvalue weighted by atomic mass is 35.5. The number of aliphatic imine (C=N–C) groups is 1. The molecule has 3 rings (SSSR count). The molecule has 1 unspecified atom stereocenters. The lowest BCUT2D eigenvalue weighted by Crippen LogP contribution is -2.44. The molecule has 1 aliphatic rings. The van der Waals surface area contributed by atoms with Crippen molar-refractivity contribution in [1.29, 1.82) is 0 Å².